The van der Waals surface area contributed by atoms with Crippen LogP contribution in [0.2, 0.25) is 0 Å². The van der Waals surface area contributed by atoms with Gasteiger partial charge < -0.3 is 26.0 Å². The van der Waals surface area contributed by atoms with Crippen molar-refractivity contribution in [3.63, 3.8) is 0 Å². The van der Waals surface area contributed by atoms with Crippen LogP contribution in [0, 0.1) is 0 Å². The van der Waals surface area contributed by atoms with E-state index in [1.807, 2.05) is 0 Å². The molecule has 0 spiro atoms. The summed E-state index contributed by atoms with van der Waals surface area (Å²) in [7, 11) is 0. The highest BCUT2D eigenvalue weighted by atomic mass is 32.1. The van der Waals surface area contributed by atoms with Crippen LogP contribution in [0.1, 0.15) is 32.6 Å². The van der Waals surface area contributed by atoms with Gasteiger partial charge in [-0.25, -0.2) is 4.79 Å². The van der Waals surface area contributed by atoms with Crippen molar-refractivity contribution >= 4 is 36.3 Å². The van der Waals surface area contributed by atoms with Gasteiger partial charge in [-0.15, -0.1) is 0 Å². The van der Waals surface area contributed by atoms with Gasteiger partial charge in [0.1, 0.15) is 18.1 Å². The summed E-state index contributed by atoms with van der Waals surface area (Å²) in [6.07, 6.45) is 2.18. The summed E-state index contributed by atoms with van der Waals surface area (Å²) >= 11 is 4.12. The number of nitrogens with two attached hydrogens (primary N) is 1. The number of carboxylic acid groups (broad SMARTS) is 1. The van der Waals surface area contributed by atoms with Crippen molar-refractivity contribution in [2.45, 2.75) is 56.8 Å². The third kappa shape index (κ3) is 4.29. The van der Waals surface area contributed by atoms with Crippen molar-refractivity contribution < 1.29 is 24.3 Å². The molecule has 4 atom stereocenters. The second-order valence-corrected chi connectivity index (χ2v) is 7.12. The zero-order chi connectivity index (χ0) is 19.4. The van der Waals surface area contributed by atoms with Gasteiger partial charge in [0.25, 0.3) is 0 Å². The highest BCUT2D eigenvalue weighted by Crippen LogP contribution is 2.25. The minimum atomic E-state index is -1.02. The van der Waals surface area contributed by atoms with Gasteiger partial charge in [-0.1, -0.05) is 0 Å². The summed E-state index contributed by atoms with van der Waals surface area (Å²) in [5, 5.41) is 11.8. The Morgan fingerprint density at radius 3 is 2.27 bits per heavy atom. The molecule has 2 heterocycles. The Bertz CT molecular complexity index is 585. The van der Waals surface area contributed by atoms with Gasteiger partial charge in [0, 0.05) is 18.8 Å². The van der Waals surface area contributed by atoms with E-state index >= 15 is 0 Å². The molecule has 2 rings (SSSR count). The van der Waals surface area contributed by atoms with E-state index in [1.54, 1.807) is 0 Å². The van der Waals surface area contributed by atoms with Crippen LogP contribution in [-0.4, -0.2) is 81.6 Å². The second kappa shape index (κ2) is 8.72. The first kappa shape index (κ1) is 20.5. The maximum absolute atomic E-state index is 12.9. The molecule has 26 heavy (non-hydrogen) atoms. The maximum Gasteiger partial charge on any atom is 0.326 e. The first-order chi connectivity index (χ1) is 12.3. The molecule has 0 aromatic heterocycles. The van der Waals surface area contributed by atoms with Gasteiger partial charge >= 0.3 is 5.97 Å². The molecule has 0 aromatic carbocycles. The molecule has 0 aliphatic carbocycles. The Kier molecular flexibility index (Phi) is 6.87. The first-order valence-corrected chi connectivity index (χ1v) is 9.41. The lowest BCUT2D eigenvalue weighted by Crippen LogP contribution is -2.57. The number of carbonyl (C=O) groups is 4. The average molecular weight is 386 g/mol. The van der Waals surface area contributed by atoms with Crippen molar-refractivity contribution in [1.82, 2.24) is 15.1 Å². The van der Waals surface area contributed by atoms with E-state index in [9.17, 15) is 24.3 Å². The summed E-state index contributed by atoms with van der Waals surface area (Å²) in [6, 6.07) is -3.17. The number of aliphatic carboxylic acids is 1. The summed E-state index contributed by atoms with van der Waals surface area (Å²) in [5.41, 5.74) is 5.52. The molecule has 146 valence electrons. The fourth-order valence-electron chi connectivity index (χ4n) is 3.45. The largest absolute Gasteiger partial charge is 0.480 e. The van der Waals surface area contributed by atoms with Gasteiger partial charge in [0.2, 0.25) is 17.7 Å². The minimum Gasteiger partial charge on any atom is -0.480 e. The molecule has 0 bridgehead atoms. The van der Waals surface area contributed by atoms with Crippen molar-refractivity contribution in [1.29, 1.82) is 0 Å². The van der Waals surface area contributed by atoms with Crippen LogP contribution in [0.25, 0.3) is 0 Å². The second-order valence-electron chi connectivity index (χ2n) is 6.75. The third-order valence-corrected chi connectivity index (χ3v) is 5.22. The standard InChI is InChI=1S/C16H26N4O5S/c1-9(17)13(21)18-10(8-26)14(22)19-6-2-4-11(19)15(23)20-7-3-5-12(20)16(24)25/h9-12,26H,2-8,17H2,1H3,(H,18,21)(H,24,25). The smallest absolute Gasteiger partial charge is 0.326 e. The van der Waals surface area contributed by atoms with Crippen molar-refractivity contribution in [3.8, 4) is 0 Å². The molecule has 0 aromatic rings. The van der Waals surface area contributed by atoms with Gasteiger partial charge in [-0.05, 0) is 32.6 Å². The number of nitrogens with zero attached hydrogens (tertiary/aromatic N) is 2. The Morgan fingerprint density at radius 2 is 1.73 bits per heavy atom. The molecule has 2 aliphatic heterocycles. The van der Waals surface area contributed by atoms with Gasteiger partial charge in [0.15, 0.2) is 0 Å². The Hall–Kier alpha value is -1.81. The lowest BCUT2D eigenvalue weighted by Gasteiger charge is -2.32. The van der Waals surface area contributed by atoms with E-state index in [0.29, 0.717) is 38.8 Å². The van der Waals surface area contributed by atoms with Gasteiger partial charge in [-0.3, -0.25) is 14.4 Å². The van der Waals surface area contributed by atoms with Crippen LogP contribution in [0.15, 0.2) is 0 Å². The van der Waals surface area contributed by atoms with Gasteiger partial charge in [0.05, 0.1) is 6.04 Å². The number of likely N-dealkylation sites (tertiary alicyclic amines) is 2. The van der Waals surface area contributed by atoms with E-state index in [1.165, 1.54) is 16.7 Å². The minimum absolute atomic E-state index is 0.0795. The van der Waals surface area contributed by atoms with Crippen LogP contribution in [0.5, 0.6) is 0 Å². The van der Waals surface area contributed by atoms with Crippen LogP contribution < -0.4 is 11.1 Å². The van der Waals surface area contributed by atoms with E-state index in [-0.39, 0.29) is 11.7 Å². The van der Waals surface area contributed by atoms with Crippen LogP contribution >= 0.6 is 12.6 Å². The molecule has 4 unspecified atom stereocenters. The zero-order valence-corrected chi connectivity index (χ0v) is 15.7. The van der Waals surface area contributed by atoms with Crippen molar-refractivity contribution in [2.24, 2.45) is 5.73 Å². The van der Waals surface area contributed by atoms with E-state index < -0.39 is 42.0 Å². The molecule has 10 heteroatoms. The first-order valence-electron chi connectivity index (χ1n) is 8.78. The molecule has 2 fully saturated rings. The van der Waals surface area contributed by atoms with Crippen LogP contribution in [0.3, 0.4) is 0 Å². The molecule has 9 nitrogen and oxygen atoms in total. The number of amides is 3. The fraction of sp³-hybridized carbons (Fsp3) is 0.750. The molecule has 0 radical (unpaired) electrons. The average Bonchev–Trinajstić information content (AvgIpc) is 3.26. The highest BCUT2D eigenvalue weighted by molar-refractivity contribution is 7.80. The fourth-order valence-corrected chi connectivity index (χ4v) is 3.70. The van der Waals surface area contributed by atoms with E-state index in [4.69, 9.17) is 5.73 Å². The van der Waals surface area contributed by atoms with Crippen LogP contribution in [0.4, 0.5) is 0 Å². The highest BCUT2D eigenvalue weighted by Gasteiger charge is 2.43. The number of carbonyl (C=O) groups excluding carboxylic acids is 3. The normalized spacial score (nSPS) is 25.0. The molecule has 0 saturated carbocycles. The Morgan fingerprint density at radius 1 is 1.15 bits per heavy atom. The number of nitrogens with one attached hydrogen (secondary N) is 1. The quantitative estimate of drug-likeness (QED) is 0.425. The monoisotopic (exact) mass is 386 g/mol. The summed E-state index contributed by atoms with van der Waals surface area (Å²) in [6.45, 7) is 2.28. The van der Waals surface area contributed by atoms with E-state index in [2.05, 4.69) is 17.9 Å². The molecule has 4 N–H and O–H groups in total. The Balaban J connectivity index is 2.10. The van der Waals surface area contributed by atoms with Crippen molar-refractivity contribution in [3.05, 3.63) is 0 Å². The zero-order valence-electron chi connectivity index (χ0n) is 14.8. The molecular formula is C16H26N4O5S. The number of hydrogen-bond acceptors (Lipinski definition) is 6. The number of thiol groups is 1. The Labute approximate surface area is 157 Å². The number of carboxylic acids is 1. The maximum atomic E-state index is 12.9. The third-order valence-electron chi connectivity index (χ3n) is 4.85. The molecule has 3 amide bonds. The lowest BCUT2D eigenvalue weighted by molar-refractivity contribution is -0.152. The molecule has 2 aliphatic rings. The number of hydrogen-bond donors (Lipinski definition) is 4. The van der Waals surface area contributed by atoms with Gasteiger partial charge in [-0.2, -0.15) is 12.6 Å². The predicted octanol–water partition coefficient (Wildman–Crippen LogP) is -1.19. The molecular weight excluding hydrogens is 360 g/mol. The molecule has 2 saturated heterocycles. The SMILES string of the molecule is CC(N)C(=O)NC(CS)C(=O)N1CCCC1C(=O)N1CCCC1C(=O)O. The topological polar surface area (TPSA) is 133 Å². The van der Waals surface area contributed by atoms with Crippen LogP contribution in [-0.2, 0) is 19.2 Å². The predicted molar refractivity (Wildman–Crippen MR) is 96.5 cm³/mol. The lowest BCUT2D eigenvalue weighted by atomic mass is 10.1. The number of rotatable bonds is 6. The van der Waals surface area contributed by atoms with Crippen molar-refractivity contribution in [2.75, 3.05) is 18.8 Å². The summed E-state index contributed by atoms with van der Waals surface area (Å²) in [5.74, 6) is -2.14. The summed E-state index contributed by atoms with van der Waals surface area (Å²) in [4.78, 5) is 51.6. The summed E-state index contributed by atoms with van der Waals surface area (Å²) < 4.78 is 0. The van der Waals surface area contributed by atoms with E-state index in [0.717, 1.165) is 0 Å².